The Morgan fingerprint density at radius 2 is 2.19 bits per heavy atom. The van der Waals surface area contributed by atoms with Gasteiger partial charge >= 0.3 is 6.18 Å². The van der Waals surface area contributed by atoms with Crippen LogP contribution in [0.3, 0.4) is 0 Å². The van der Waals surface area contributed by atoms with Gasteiger partial charge in [0.15, 0.2) is 0 Å². The number of hydrazine groups is 1. The Hall–Kier alpha value is -1.21. The maximum atomic E-state index is 11.9. The van der Waals surface area contributed by atoms with Crippen LogP contribution < -0.4 is 11.3 Å². The van der Waals surface area contributed by atoms with Crippen LogP contribution in [-0.2, 0) is 0 Å². The summed E-state index contributed by atoms with van der Waals surface area (Å²) in [6, 6.07) is 1.25. The fourth-order valence-electron chi connectivity index (χ4n) is 1.33. The molecule has 90 valence electrons. The maximum absolute atomic E-state index is 11.9. The van der Waals surface area contributed by atoms with Gasteiger partial charge in [-0.15, -0.1) is 0 Å². The molecule has 1 aromatic rings. The maximum Gasteiger partial charge on any atom is 0.389 e. The van der Waals surface area contributed by atoms with Crippen molar-refractivity contribution in [1.29, 1.82) is 0 Å². The number of nitrogens with two attached hydrogens (primary N) is 1. The molecular formula is C9H13F3N4. The summed E-state index contributed by atoms with van der Waals surface area (Å²) in [7, 11) is 0. The van der Waals surface area contributed by atoms with E-state index in [4.69, 9.17) is 5.84 Å². The number of nitrogens with zero attached hydrogens (tertiary/aromatic N) is 2. The zero-order valence-corrected chi connectivity index (χ0v) is 8.54. The summed E-state index contributed by atoms with van der Waals surface area (Å²) < 4.78 is 35.8. The van der Waals surface area contributed by atoms with Crippen LogP contribution in [0.2, 0.25) is 0 Å². The number of hydrogen-bond acceptors (Lipinski definition) is 4. The highest BCUT2D eigenvalue weighted by Gasteiger charge is 2.26. The molecule has 0 amide bonds. The van der Waals surface area contributed by atoms with Gasteiger partial charge in [0.1, 0.15) is 6.33 Å². The van der Waals surface area contributed by atoms with E-state index in [0.29, 0.717) is 5.69 Å². The minimum Gasteiger partial charge on any atom is -0.271 e. The van der Waals surface area contributed by atoms with Crippen molar-refractivity contribution in [3.05, 3.63) is 24.3 Å². The van der Waals surface area contributed by atoms with Gasteiger partial charge in [-0.05, 0) is 18.9 Å². The van der Waals surface area contributed by atoms with Crippen LogP contribution in [0.1, 0.15) is 31.0 Å². The smallest absolute Gasteiger partial charge is 0.271 e. The molecule has 0 saturated heterocycles. The van der Waals surface area contributed by atoms with E-state index in [-0.39, 0.29) is 18.9 Å². The Balaban J connectivity index is 2.45. The first-order chi connectivity index (χ1) is 7.53. The van der Waals surface area contributed by atoms with Gasteiger partial charge in [0.05, 0.1) is 11.7 Å². The molecule has 1 atom stereocenters. The van der Waals surface area contributed by atoms with E-state index in [1.807, 2.05) is 0 Å². The molecule has 0 bridgehead atoms. The largest absolute Gasteiger partial charge is 0.389 e. The topological polar surface area (TPSA) is 63.8 Å². The summed E-state index contributed by atoms with van der Waals surface area (Å²) in [5.74, 6) is 5.26. The van der Waals surface area contributed by atoms with Crippen molar-refractivity contribution in [2.45, 2.75) is 31.5 Å². The van der Waals surface area contributed by atoms with Gasteiger partial charge in [0.25, 0.3) is 0 Å². The van der Waals surface area contributed by atoms with E-state index in [1.165, 1.54) is 12.5 Å². The lowest BCUT2D eigenvalue weighted by atomic mass is 10.1. The average molecular weight is 234 g/mol. The van der Waals surface area contributed by atoms with Crippen LogP contribution >= 0.6 is 0 Å². The first kappa shape index (κ1) is 12.9. The molecule has 0 radical (unpaired) electrons. The highest BCUT2D eigenvalue weighted by atomic mass is 19.4. The second-order valence-corrected chi connectivity index (χ2v) is 3.36. The van der Waals surface area contributed by atoms with Crippen LogP contribution in [0, 0.1) is 0 Å². The molecule has 4 nitrogen and oxygen atoms in total. The minimum absolute atomic E-state index is 0.0162. The van der Waals surface area contributed by atoms with Gasteiger partial charge in [0, 0.05) is 12.6 Å². The second kappa shape index (κ2) is 5.76. The van der Waals surface area contributed by atoms with Crippen molar-refractivity contribution in [1.82, 2.24) is 15.4 Å². The second-order valence-electron chi connectivity index (χ2n) is 3.36. The third kappa shape index (κ3) is 4.54. The average Bonchev–Trinajstić information content (AvgIpc) is 2.24. The lowest BCUT2D eigenvalue weighted by Gasteiger charge is -2.15. The molecule has 0 spiro atoms. The number of halogens is 3. The first-order valence-electron chi connectivity index (χ1n) is 4.81. The van der Waals surface area contributed by atoms with E-state index < -0.39 is 12.6 Å². The first-order valence-corrected chi connectivity index (χ1v) is 4.81. The zero-order chi connectivity index (χ0) is 12.0. The van der Waals surface area contributed by atoms with Gasteiger partial charge in [-0.1, -0.05) is 0 Å². The molecule has 1 rings (SSSR count). The summed E-state index contributed by atoms with van der Waals surface area (Å²) in [6.07, 6.45) is -1.77. The monoisotopic (exact) mass is 234 g/mol. The Labute approximate surface area is 91.1 Å². The third-order valence-corrected chi connectivity index (χ3v) is 2.12. The van der Waals surface area contributed by atoms with Crippen LogP contribution in [0.15, 0.2) is 18.6 Å². The molecule has 0 aromatic carbocycles. The molecule has 0 aliphatic rings. The lowest BCUT2D eigenvalue weighted by Crippen LogP contribution is -2.29. The lowest BCUT2D eigenvalue weighted by molar-refractivity contribution is -0.135. The quantitative estimate of drug-likeness (QED) is 0.601. The molecule has 1 unspecified atom stereocenters. The molecule has 1 heterocycles. The molecule has 7 heteroatoms. The minimum atomic E-state index is -4.12. The number of rotatable bonds is 5. The number of nitrogens with one attached hydrogen (secondary N) is 1. The Morgan fingerprint density at radius 1 is 1.44 bits per heavy atom. The predicted octanol–water partition coefficient (Wildman–Crippen LogP) is 1.71. The Morgan fingerprint density at radius 3 is 2.69 bits per heavy atom. The molecule has 0 saturated carbocycles. The SMILES string of the molecule is NNC(CCCC(F)(F)F)c1ccncn1. The Bertz CT molecular complexity index is 301. The normalized spacial score (nSPS) is 13.8. The van der Waals surface area contributed by atoms with Crippen molar-refractivity contribution in [3.8, 4) is 0 Å². The number of hydrogen-bond donors (Lipinski definition) is 2. The van der Waals surface area contributed by atoms with Gasteiger partial charge in [-0.25, -0.2) is 9.97 Å². The molecule has 3 N–H and O–H groups in total. The van der Waals surface area contributed by atoms with E-state index in [1.54, 1.807) is 6.07 Å². The predicted molar refractivity (Wildman–Crippen MR) is 52.0 cm³/mol. The van der Waals surface area contributed by atoms with E-state index in [0.717, 1.165) is 0 Å². The molecule has 16 heavy (non-hydrogen) atoms. The van der Waals surface area contributed by atoms with Gasteiger partial charge in [-0.3, -0.25) is 11.3 Å². The van der Waals surface area contributed by atoms with Gasteiger partial charge < -0.3 is 0 Å². The summed E-state index contributed by atoms with van der Waals surface area (Å²) >= 11 is 0. The fourth-order valence-corrected chi connectivity index (χ4v) is 1.33. The Kier molecular flexibility index (Phi) is 4.63. The van der Waals surface area contributed by atoms with Crippen LogP contribution in [0.5, 0.6) is 0 Å². The number of aromatic nitrogens is 2. The summed E-state index contributed by atoms with van der Waals surface area (Å²) in [6.45, 7) is 0. The van der Waals surface area contributed by atoms with E-state index >= 15 is 0 Å². The molecule has 1 aromatic heterocycles. The van der Waals surface area contributed by atoms with Crippen molar-refractivity contribution < 1.29 is 13.2 Å². The van der Waals surface area contributed by atoms with Crippen LogP contribution in [0.4, 0.5) is 13.2 Å². The van der Waals surface area contributed by atoms with Crippen molar-refractivity contribution in [2.75, 3.05) is 0 Å². The summed E-state index contributed by atoms with van der Waals surface area (Å²) in [5, 5.41) is 0. The molecule has 0 aliphatic carbocycles. The standard InChI is InChI=1S/C9H13F3N4/c10-9(11,12)4-1-2-8(16-13)7-3-5-14-6-15-7/h3,5-6,8,16H,1-2,4,13H2. The van der Waals surface area contributed by atoms with Crippen molar-refractivity contribution >= 4 is 0 Å². The van der Waals surface area contributed by atoms with Crippen LogP contribution in [-0.4, -0.2) is 16.1 Å². The van der Waals surface area contributed by atoms with Gasteiger partial charge in [-0.2, -0.15) is 13.2 Å². The van der Waals surface area contributed by atoms with E-state index in [2.05, 4.69) is 15.4 Å². The van der Waals surface area contributed by atoms with E-state index in [9.17, 15) is 13.2 Å². The molecule has 0 aliphatic heterocycles. The van der Waals surface area contributed by atoms with Crippen molar-refractivity contribution in [2.24, 2.45) is 5.84 Å². The highest BCUT2D eigenvalue weighted by molar-refractivity contribution is 5.03. The fraction of sp³-hybridized carbons (Fsp3) is 0.556. The van der Waals surface area contributed by atoms with Crippen molar-refractivity contribution in [3.63, 3.8) is 0 Å². The zero-order valence-electron chi connectivity index (χ0n) is 8.54. The third-order valence-electron chi connectivity index (χ3n) is 2.12. The van der Waals surface area contributed by atoms with Crippen LogP contribution in [0.25, 0.3) is 0 Å². The molecular weight excluding hydrogens is 221 g/mol. The summed E-state index contributed by atoms with van der Waals surface area (Å²) in [4.78, 5) is 7.65. The number of alkyl halides is 3. The molecule has 0 fully saturated rings. The van der Waals surface area contributed by atoms with Gasteiger partial charge in [0.2, 0.25) is 0 Å². The summed E-state index contributed by atoms with van der Waals surface area (Å²) in [5.41, 5.74) is 3.04. The highest BCUT2D eigenvalue weighted by Crippen LogP contribution is 2.25.